The molecule has 0 bridgehead atoms. The molecular weight excluding hydrogens is 1240 g/mol. The van der Waals surface area contributed by atoms with Crippen molar-refractivity contribution in [3.63, 3.8) is 0 Å². The number of ether oxygens (including phenoxy) is 20. The number of hydrogen-bond acceptors (Lipinski definition) is 32. The van der Waals surface area contributed by atoms with Gasteiger partial charge in [0.2, 0.25) is 0 Å². The van der Waals surface area contributed by atoms with Crippen LogP contribution in [0.1, 0.15) is 66.8 Å². The predicted molar refractivity (Wildman–Crippen MR) is 292 cm³/mol. The third-order valence-electron chi connectivity index (χ3n) is 12.6. The summed E-state index contributed by atoms with van der Waals surface area (Å²) < 4.78 is 119. The van der Waals surface area contributed by atoms with Crippen molar-refractivity contribution in [1.29, 1.82) is 0 Å². The van der Waals surface area contributed by atoms with Crippen LogP contribution in [0.4, 0.5) is 0 Å². The van der Waals surface area contributed by atoms with Gasteiger partial charge in [0.25, 0.3) is 0 Å². The standard InChI is InChI=1S/C53H78Cl2N6O28/c1-29(62)77-27-40-43(81-31(3)64)46(83-33(5)66)49(85-35(7)68)52(88-40)75-16-12-60-22-37(56-58-60)24-79-45-42(74-21-20-72-15-11-55)39(26-73-19-18-71-14-10-54)87-51(70-9)48(45)80-25-38-23-61(59-57-38)13-17-76-53-50(86-36(8)69)47(84-34(6)67)44(82-32(4)65)41(89-53)28-78-30(2)63/h22-23,39-53H,10-21,24-28H2,1-9H3/t39-,40-,41-,42-,43-,44-,45+,46+,47+,48-,49+,50+,51+,52+,53+/m1/s1. The van der Waals surface area contributed by atoms with E-state index >= 15 is 0 Å². The van der Waals surface area contributed by atoms with Crippen LogP contribution in [0.25, 0.3) is 0 Å². The molecule has 89 heavy (non-hydrogen) atoms. The van der Waals surface area contributed by atoms with Crippen molar-refractivity contribution in [1.82, 2.24) is 30.0 Å². The molecule has 36 heteroatoms. The van der Waals surface area contributed by atoms with Gasteiger partial charge in [0.1, 0.15) is 61.2 Å². The molecule has 0 aromatic carbocycles. The van der Waals surface area contributed by atoms with Crippen LogP contribution in [0, 0.1) is 0 Å². The van der Waals surface area contributed by atoms with Gasteiger partial charge < -0.3 is 94.7 Å². The van der Waals surface area contributed by atoms with Gasteiger partial charge in [-0.15, -0.1) is 33.4 Å². The number of nitrogens with zero attached hydrogens (tertiary/aromatic N) is 6. The molecule has 0 N–H and O–H groups in total. The largest absolute Gasteiger partial charge is 0.463 e. The summed E-state index contributed by atoms with van der Waals surface area (Å²) in [5.74, 6) is -5.63. The molecular formula is C53H78Cl2N6O28. The molecule has 34 nitrogen and oxygen atoms in total. The Bertz CT molecular complexity index is 2550. The van der Waals surface area contributed by atoms with Gasteiger partial charge in [-0.1, -0.05) is 10.4 Å². The van der Waals surface area contributed by atoms with Crippen LogP contribution in [0.15, 0.2) is 12.4 Å². The molecule has 5 rings (SSSR count). The Balaban J connectivity index is 1.34. The quantitative estimate of drug-likeness (QED) is 0.0364. The second-order valence-electron chi connectivity index (χ2n) is 19.7. The highest BCUT2D eigenvalue weighted by Gasteiger charge is 2.55. The van der Waals surface area contributed by atoms with Crippen LogP contribution in [-0.4, -0.2) is 261 Å². The van der Waals surface area contributed by atoms with Crippen LogP contribution < -0.4 is 0 Å². The minimum Gasteiger partial charge on any atom is -0.463 e. The van der Waals surface area contributed by atoms with Crippen LogP contribution >= 0.6 is 23.2 Å². The fraction of sp³-hybridized carbons (Fsp3) is 0.774. The second kappa shape index (κ2) is 38.7. The van der Waals surface area contributed by atoms with E-state index in [2.05, 4.69) is 20.6 Å². The van der Waals surface area contributed by atoms with Crippen molar-refractivity contribution < 1.29 is 133 Å². The third-order valence-corrected chi connectivity index (χ3v) is 12.9. The van der Waals surface area contributed by atoms with Gasteiger partial charge >= 0.3 is 47.8 Å². The van der Waals surface area contributed by atoms with Gasteiger partial charge in [0.05, 0.1) is 98.2 Å². The number of rotatable bonds is 38. The van der Waals surface area contributed by atoms with E-state index in [0.29, 0.717) is 23.9 Å². The molecule has 5 heterocycles. The zero-order valence-electron chi connectivity index (χ0n) is 50.7. The average molecular weight is 1320 g/mol. The molecule has 15 atom stereocenters. The molecule has 3 saturated heterocycles. The van der Waals surface area contributed by atoms with Gasteiger partial charge in [-0.25, -0.2) is 9.36 Å². The predicted octanol–water partition coefficient (Wildman–Crippen LogP) is -0.176. The molecule has 0 saturated carbocycles. The summed E-state index contributed by atoms with van der Waals surface area (Å²) in [7, 11) is 1.41. The number of halogens is 2. The lowest BCUT2D eigenvalue weighted by molar-refractivity contribution is -0.322. The van der Waals surface area contributed by atoms with E-state index in [4.69, 9.17) is 118 Å². The highest BCUT2D eigenvalue weighted by atomic mass is 35.5. The first-order valence-corrected chi connectivity index (χ1v) is 29.2. The van der Waals surface area contributed by atoms with Crippen molar-refractivity contribution in [2.45, 2.75) is 174 Å². The van der Waals surface area contributed by atoms with Crippen LogP contribution in [-0.2, 0) is 159 Å². The minimum atomic E-state index is -1.45. The van der Waals surface area contributed by atoms with Crippen LogP contribution in [0.2, 0.25) is 0 Å². The Morgan fingerprint density at radius 1 is 0.404 bits per heavy atom. The second-order valence-corrected chi connectivity index (χ2v) is 20.4. The van der Waals surface area contributed by atoms with Crippen molar-refractivity contribution in [2.75, 3.05) is 91.5 Å². The maximum atomic E-state index is 12.4. The summed E-state index contributed by atoms with van der Waals surface area (Å²) >= 11 is 11.7. The number of esters is 8. The average Bonchev–Trinajstić information content (AvgIpc) is 1.74. The molecule has 0 aliphatic carbocycles. The van der Waals surface area contributed by atoms with Gasteiger partial charge in [0, 0.05) is 74.3 Å². The number of carbonyl (C=O) groups is 8. The molecule has 502 valence electrons. The van der Waals surface area contributed by atoms with E-state index in [1.165, 1.54) is 16.5 Å². The van der Waals surface area contributed by atoms with E-state index in [1.807, 2.05) is 0 Å². The molecule has 2 aromatic rings. The Morgan fingerprint density at radius 3 is 1.20 bits per heavy atom. The van der Waals surface area contributed by atoms with Gasteiger partial charge in [-0.3, -0.25) is 38.4 Å². The van der Waals surface area contributed by atoms with E-state index in [9.17, 15) is 38.4 Å². The summed E-state index contributed by atoms with van der Waals surface area (Å²) in [5.41, 5.74) is 0.633. The van der Waals surface area contributed by atoms with Crippen LogP contribution in [0.5, 0.6) is 0 Å². The highest BCUT2D eigenvalue weighted by molar-refractivity contribution is 6.18. The molecule has 3 fully saturated rings. The maximum absolute atomic E-state index is 12.4. The number of hydrogen-bond donors (Lipinski definition) is 0. The molecule has 0 amide bonds. The van der Waals surface area contributed by atoms with E-state index in [-0.39, 0.29) is 85.0 Å². The molecule has 0 radical (unpaired) electrons. The molecule has 2 aromatic heterocycles. The zero-order chi connectivity index (χ0) is 65.0. The molecule has 0 spiro atoms. The van der Waals surface area contributed by atoms with Crippen molar-refractivity contribution >= 4 is 71.0 Å². The number of carbonyl (C=O) groups excluding carboxylic acids is 8. The first-order chi connectivity index (χ1) is 42.6. The topological polar surface area (TPSA) is 383 Å². The lowest BCUT2D eigenvalue weighted by atomic mass is 9.98. The van der Waals surface area contributed by atoms with Gasteiger partial charge in [-0.05, 0) is 0 Å². The Labute approximate surface area is 521 Å². The van der Waals surface area contributed by atoms with Crippen LogP contribution in [0.3, 0.4) is 0 Å². The number of aromatic nitrogens is 6. The normalized spacial score (nSPS) is 26.8. The fourth-order valence-corrected chi connectivity index (χ4v) is 9.42. The fourth-order valence-electron chi connectivity index (χ4n) is 9.20. The summed E-state index contributed by atoms with van der Waals surface area (Å²) in [5, 5.41) is 17.0. The Morgan fingerprint density at radius 2 is 0.787 bits per heavy atom. The SMILES string of the molecule is CO[C@H]1O[C@H](COCCOCCCl)[C@@H](OCCOCCCl)[C@H](OCc2cn(CCO[C@H]3O[C@H](COC(C)=O)[C@@H](OC(C)=O)[C@H](OC(C)=O)[C@@H]3OC(C)=O)nn2)[C@H]1OCc1cn(CCO[C@H]2O[C@H](COC(C)=O)[C@@H](OC(C)=O)[C@H](OC(C)=O)[C@@H]2OC(C)=O)nn1. The molecule has 0 unspecified atom stereocenters. The number of methoxy groups -OCH3 is 1. The summed E-state index contributed by atoms with van der Waals surface area (Å²) in [4.78, 5) is 97.4. The summed E-state index contributed by atoms with van der Waals surface area (Å²) in [6.07, 6.45) is -15.7. The first-order valence-electron chi connectivity index (χ1n) is 28.1. The Hall–Kier alpha value is -5.86. The smallest absolute Gasteiger partial charge is 0.303 e. The maximum Gasteiger partial charge on any atom is 0.303 e. The van der Waals surface area contributed by atoms with Gasteiger partial charge in [-0.2, -0.15) is 0 Å². The summed E-state index contributed by atoms with van der Waals surface area (Å²) in [6, 6.07) is 0. The summed E-state index contributed by atoms with van der Waals surface area (Å²) in [6.45, 7) is 8.48. The van der Waals surface area contributed by atoms with Crippen molar-refractivity contribution in [3.05, 3.63) is 23.8 Å². The highest BCUT2D eigenvalue weighted by Crippen LogP contribution is 2.33. The Kier molecular flexibility index (Phi) is 32.2. The van der Waals surface area contributed by atoms with Crippen molar-refractivity contribution in [3.8, 4) is 0 Å². The van der Waals surface area contributed by atoms with E-state index < -0.39 is 153 Å². The number of alkyl halides is 2. The first kappa shape index (κ1) is 73.9. The monoisotopic (exact) mass is 1320 g/mol. The van der Waals surface area contributed by atoms with Crippen molar-refractivity contribution in [2.24, 2.45) is 0 Å². The lowest BCUT2D eigenvalue weighted by Crippen LogP contribution is -2.63. The van der Waals surface area contributed by atoms with Gasteiger partial charge in [0.15, 0.2) is 55.5 Å². The third kappa shape index (κ3) is 25.0. The molecule has 3 aliphatic heterocycles. The molecule has 3 aliphatic rings. The zero-order valence-corrected chi connectivity index (χ0v) is 52.2. The van der Waals surface area contributed by atoms with E-state index in [1.54, 1.807) is 12.4 Å². The van der Waals surface area contributed by atoms with E-state index in [0.717, 1.165) is 55.4 Å². The minimum absolute atomic E-state index is 0.0133. The lowest BCUT2D eigenvalue weighted by Gasteiger charge is -2.45.